The molecule has 0 bridgehead atoms. The molecule has 0 radical (unpaired) electrons. The molecule has 22 heavy (non-hydrogen) atoms. The topological polar surface area (TPSA) is 75.3 Å². The SMILES string of the molecule is CCNC(=NCc1sccc1C)NCCCc1nc(C)no1. The van der Waals surface area contributed by atoms with E-state index in [9.17, 15) is 0 Å². The van der Waals surface area contributed by atoms with Gasteiger partial charge in [-0.1, -0.05) is 5.16 Å². The third-order valence-electron chi connectivity index (χ3n) is 3.12. The molecule has 0 unspecified atom stereocenters. The summed E-state index contributed by atoms with van der Waals surface area (Å²) in [4.78, 5) is 10.1. The molecule has 120 valence electrons. The lowest BCUT2D eigenvalue weighted by atomic mass is 10.3. The first-order valence-corrected chi connectivity index (χ1v) is 8.41. The highest BCUT2D eigenvalue weighted by Gasteiger charge is 2.03. The minimum atomic E-state index is 0.684. The van der Waals surface area contributed by atoms with Gasteiger partial charge in [-0.3, -0.25) is 0 Å². The van der Waals surface area contributed by atoms with Gasteiger partial charge in [0.05, 0.1) is 6.54 Å². The van der Waals surface area contributed by atoms with Gasteiger partial charge in [0.15, 0.2) is 11.8 Å². The number of guanidine groups is 1. The Kier molecular flexibility index (Phi) is 6.39. The highest BCUT2D eigenvalue weighted by Crippen LogP contribution is 2.16. The van der Waals surface area contributed by atoms with Crippen molar-refractivity contribution in [1.29, 1.82) is 0 Å². The van der Waals surface area contributed by atoms with Crippen LogP contribution in [0.5, 0.6) is 0 Å². The first-order chi connectivity index (χ1) is 10.7. The monoisotopic (exact) mass is 321 g/mol. The number of nitrogens with zero attached hydrogens (tertiary/aromatic N) is 3. The number of aliphatic imine (C=N–C) groups is 1. The molecule has 7 heteroatoms. The number of nitrogens with one attached hydrogen (secondary N) is 2. The average molecular weight is 321 g/mol. The molecule has 0 atom stereocenters. The zero-order chi connectivity index (χ0) is 15.8. The molecule has 0 spiro atoms. The van der Waals surface area contributed by atoms with Gasteiger partial charge in [0.1, 0.15) is 0 Å². The Hall–Kier alpha value is -1.89. The Morgan fingerprint density at radius 3 is 2.86 bits per heavy atom. The largest absolute Gasteiger partial charge is 0.357 e. The van der Waals surface area contributed by atoms with Crippen LogP contribution >= 0.6 is 11.3 Å². The maximum absolute atomic E-state index is 5.10. The number of rotatable bonds is 7. The molecule has 2 aromatic heterocycles. The molecule has 0 aliphatic rings. The minimum Gasteiger partial charge on any atom is -0.357 e. The molecule has 0 saturated carbocycles. The Bertz CT molecular complexity index is 605. The molecule has 6 nitrogen and oxygen atoms in total. The van der Waals surface area contributed by atoms with Crippen LogP contribution in [-0.4, -0.2) is 29.2 Å². The fourth-order valence-corrected chi connectivity index (χ4v) is 2.78. The molecule has 2 aromatic rings. The number of hydrogen-bond acceptors (Lipinski definition) is 5. The summed E-state index contributed by atoms with van der Waals surface area (Å²) >= 11 is 1.75. The standard InChI is InChI=1S/C15H23N5OS/c1-4-16-15(18-10-13-11(2)7-9-22-13)17-8-5-6-14-19-12(3)20-21-14/h7,9H,4-6,8,10H2,1-3H3,(H2,16,17,18). The van der Waals surface area contributed by atoms with Gasteiger partial charge in [-0.15, -0.1) is 11.3 Å². The summed E-state index contributed by atoms with van der Waals surface area (Å²) in [6, 6.07) is 2.13. The second-order valence-corrected chi connectivity index (χ2v) is 5.99. The average Bonchev–Trinajstić information content (AvgIpc) is 3.09. The number of thiophene rings is 1. The second-order valence-electron chi connectivity index (χ2n) is 4.99. The summed E-state index contributed by atoms with van der Waals surface area (Å²) in [5.41, 5.74) is 1.30. The van der Waals surface area contributed by atoms with Crippen molar-refractivity contribution in [2.45, 2.75) is 40.2 Å². The van der Waals surface area contributed by atoms with Gasteiger partial charge in [-0.05, 0) is 44.2 Å². The van der Waals surface area contributed by atoms with Crippen molar-refractivity contribution in [1.82, 2.24) is 20.8 Å². The van der Waals surface area contributed by atoms with E-state index < -0.39 is 0 Å². The van der Waals surface area contributed by atoms with Crippen molar-refractivity contribution >= 4 is 17.3 Å². The number of aryl methyl sites for hydroxylation is 3. The van der Waals surface area contributed by atoms with E-state index in [0.717, 1.165) is 31.9 Å². The van der Waals surface area contributed by atoms with Crippen molar-refractivity contribution in [3.63, 3.8) is 0 Å². The Labute approximate surface area is 135 Å². The van der Waals surface area contributed by atoms with Crippen LogP contribution in [-0.2, 0) is 13.0 Å². The van der Waals surface area contributed by atoms with Crippen LogP contribution < -0.4 is 10.6 Å². The molecule has 0 fully saturated rings. The molecule has 0 amide bonds. The molecule has 2 N–H and O–H groups in total. The smallest absolute Gasteiger partial charge is 0.226 e. The molecule has 0 aliphatic heterocycles. The van der Waals surface area contributed by atoms with E-state index in [4.69, 9.17) is 4.52 Å². The highest BCUT2D eigenvalue weighted by atomic mass is 32.1. The van der Waals surface area contributed by atoms with Crippen molar-refractivity contribution in [3.8, 4) is 0 Å². The van der Waals surface area contributed by atoms with Crippen LogP contribution in [0, 0.1) is 13.8 Å². The Morgan fingerprint density at radius 2 is 2.23 bits per heavy atom. The van der Waals surface area contributed by atoms with E-state index >= 15 is 0 Å². The lowest BCUT2D eigenvalue weighted by molar-refractivity contribution is 0.372. The van der Waals surface area contributed by atoms with Crippen LogP contribution in [0.4, 0.5) is 0 Å². The Balaban J connectivity index is 1.77. The highest BCUT2D eigenvalue weighted by molar-refractivity contribution is 7.10. The van der Waals surface area contributed by atoms with E-state index in [-0.39, 0.29) is 0 Å². The lowest BCUT2D eigenvalue weighted by Gasteiger charge is -2.10. The summed E-state index contributed by atoms with van der Waals surface area (Å²) in [6.45, 7) is 8.38. The summed E-state index contributed by atoms with van der Waals surface area (Å²) in [5.74, 6) is 2.22. The first kappa shape index (κ1) is 16.5. The quantitative estimate of drug-likeness (QED) is 0.465. The van der Waals surface area contributed by atoms with Crippen LogP contribution in [0.25, 0.3) is 0 Å². The van der Waals surface area contributed by atoms with Gasteiger partial charge >= 0.3 is 0 Å². The molecule has 2 rings (SSSR count). The van der Waals surface area contributed by atoms with E-state index in [1.54, 1.807) is 11.3 Å². The van der Waals surface area contributed by atoms with Gasteiger partial charge in [-0.25, -0.2) is 4.99 Å². The minimum absolute atomic E-state index is 0.684. The van der Waals surface area contributed by atoms with Gasteiger partial charge in [0, 0.05) is 24.4 Å². The summed E-state index contributed by atoms with van der Waals surface area (Å²) in [7, 11) is 0. The Morgan fingerprint density at radius 1 is 1.36 bits per heavy atom. The zero-order valence-electron chi connectivity index (χ0n) is 13.3. The zero-order valence-corrected chi connectivity index (χ0v) is 14.2. The van der Waals surface area contributed by atoms with Crippen LogP contribution in [0.1, 0.15) is 35.5 Å². The third kappa shape index (κ3) is 5.14. The molecule has 0 aliphatic carbocycles. The number of aromatic nitrogens is 2. The third-order valence-corrected chi connectivity index (χ3v) is 4.13. The first-order valence-electron chi connectivity index (χ1n) is 7.53. The van der Waals surface area contributed by atoms with E-state index in [2.05, 4.69) is 51.1 Å². The van der Waals surface area contributed by atoms with Crippen LogP contribution in [0.15, 0.2) is 21.0 Å². The molecular formula is C15H23N5OS. The predicted molar refractivity (Wildman–Crippen MR) is 89.2 cm³/mol. The van der Waals surface area contributed by atoms with Gasteiger partial charge in [-0.2, -0.15) is 4.98 Å². The fraction of sp³-hybridized carbons (Fsp3) is 0.533. The van der Waals surface area contributed by atoms with Crippen molar-refractivity contribution in [2.75, 3.05) is 13.1 Å². The van der Waals surface area contributed by atoms with Gasteiger partial charge < -0.3 is 15.2 Å². The van der Waals surface area contributed by atoms with Crippen molar-refractivity contribution in [3.05, 3.63) is 33.6 Å². The van der Waals surface area contributed by atoms with Crippen LogP contribution in [0.2, 0.25) is 0 Å². The maximum atomic E-state index is 5.10. The summed E-state index contributed by atoms with van der Waals surface area (Å²) < 4.78 is 5.10. The van der Waals surface area contributed by atoms with Crippen molar-refractivity contribution in [2.24, 2.45) is 4.99 Å². The second kappa shape index (κ2) is 8.53. The molecular weight excluding hydrogens is 298 g/mol. The summed E-state index contributed by atoms with van der Waals surface area (Å²) in [5, 5.41) is 12.5. The normalized spacial score (nSPS) is 11.7. The van der Waals surface area contributed by atoms with Crippen LogP contribution in [0.3, 0.4) is 0 Å². The van der Waals surface area contributed by atoms with Gasteiger partial charge in [0.25, 0.3) is 0 Å². The van der Waals surface area contributed by atoms with Crippen molar-refractivity contribution < 1.29 is 4.52 Å². The molecule has 2 heterocycles. The predicted octanol–water partition coefficient (Wildman–Crippen LogP) is 2.44. The van der Waals surface area contributed by atoms with E-state index in [1.165, 1.54) is 10.4 Å². The lowest BCUT2D eigenvalue weighted by Crippen LogP contribution is -2.37. The summed E-state index contributed by atoms with van der Waals surface area (Å²) in [6.07, 6.45) is 1.70. The molecule has 0 saturated heterocycles. The number of hydrogen-bond donors (Lipinski definition) is 2. The van der Waals surface area contributed by atoms with E-state index in [0.29, 0.717) is 18.3 Å². The fourth-order valence-electron chi connectivity index (χ4n) is 1.95. The maximum Gasteiger partial charge on any atom is 0.226 e. The molecule has 0 aromatic carbocycles. The van der Waals surface area contributed by atoms with E-state index in [1.807, 2.05) is 6.92 Å². The van der Waals surface area contributed by atoms with Gasteiger partial charge in [0.2, 0.25) is 5.89 Å².